The maximum atomic E-state index is 13.2. The number of hydrogen-bond acceptors (Lipinski definition) is 7. The van der Waals surface area contributed by atoms with Crippen molar-refractivity contribution in [1.82, 2.24) is 24.4 Å². The topological polar surface area (TPSA) is 86.8 Å². The van der Waals surface area contributed by atoms with Crippen molar-refractivity contribution in [1.29, 1.82) is 0 Å². The smallest absolute Gasteiger partial charge is 0.339 e. The summed E-state index contributed by atoms with van der Waals surface area (Å²) >= 11 is 0. The Morgan fingerprint density at radius 2 is 1.82 bits per heavy atom. The predicted molar refractivity (Wildman–Crippen MR) is 155 cm³/mol. The molecule has 0 amide bonds. The molecule has 0 radical (unpaired) electrons. The highest BCUT2D eigenvalue weighted by Crippen LogP contribution is 2.39. The number of benzene rings is 1. The molecule has 0 N–H and O–H groups in total. The number of fused-ring (bicyclic) bond motifs is 1. The van der Waals surface area contributed by atoms with Crippen molar-refractivity contribution >= 4 is 17.4 Å². The van der Waals surface area contributed by atoms with Crippen molar-refractivity contribution in [2.75, 3.05) is 25.1 Å². The van der Waals surface area contributed by atoms with Crippen LogP contribution >= 0.6 is 0 Å². The number of ether oxygens (including phenoxy) is 2. The Bertz CT molecular complexity index is 1490. The van der Waals surface area contributed by atoms with Gasteiger partial charge < -0.3 is 14.4 Å². The SMILES string of the molecule is COC(=O)C(OC(C)(C)C)c1c(C)nc2cc(-c3cnn(Cc4ccccc4)c3)nn2c1N1CCC(C)(C)CC1. The van der Waals surface area contributed by atoms with Crippen molar-refractivity contribution < 1.29 is 14.3 Å². The number of rotatable bonds is 7. The van der Waals surface area contributed by atoms with Gasteiger partial charge in [0.1, 0.15) is 5.82 Å². The largest absolute Gasteiger partial charge is 0.467 e. The average molecular weight is 545 g/mol. The molecule has 3 aromatic heterocycles. The Kier molecular flexibility index (Phi) is 7.44. The third-order valence-electron chi connectivity index (χ3n) is 7.49. The van der Waals surface area contributed by atoms with E-state index in [0.29, 0.717) is 17.8 Å². The van der Waals surface area contributed by atoms with Gasteiger partial charge in [0.05, 0.1) is 36.7 Å². The molecule has 1 aliphatic rings. The molecule has 5 rings (SSSR count). The molecular weight excluding hydrogens is 504 g/mol. The summed E-state index contributed by atoms with van der Waals surface area (Å²) < 4.78 is 15.3. The van der Waals surface area contributed by atoms with Crippen molar-refractivity contribution in [2.45, 2.75) is 72.6 Å². The van der Waals surface area contributed by atoms with E-state index < -0.39 is 17.7 Å². The monoisotopic (exact) mass is 544 g/mol. The second-order valence-electron chi connectivity index (χ2n) is 12.4. The number of piperidine rings is 1. The quantitative estimate of drug-likeness (QED) is 0.280. The van der Waals surface area contributed by atoms with Gasteiger partial charge in [0.15, 0.2) is 11.8 Å². The van der Waals surface area contributed by atoms with E-state index in [2.05, 4.69) is 36.0 Å². The van der Waals surface area contributed by atoms with Crippen LogP contribution in [0, 0.1) is 12.3 Å². The maximum absolute atomic E-state index is 13.2. The van der Waals surface area contributed by atoms with Crippen LogP contribution < -0.4 is 4.90 Å². The molecular formula is C31H40N6O3. The number of esters is 1. The fraction of sp³-hybridized carbons (Fsp3) is 0.484. The van der Waals surface area contributed by atoms with Gasteiger partial charge in [-0.15, -0.1) is 0 Å². The molecule has 1 atom stereocenters. The second-order valence-corrected chi connectivity index (χ2v) is 12.4. The first kappa shape index (κ1) is 27.8. The van der Waals surface area contributed by atoms with Gasteiger partial charge >= 0.3 is 5.97 Å². The van der Waals surface area contributed by atoms with Crippen molar-refractivity contribution in [3.63, 3.8) is 0 Å². The summed E-state index contributed by atoms with van der Waals surface area (Å²) in [6, 6.07) is 12.2. The number of aryl methyl sites for hydroxylation is 1. The van der Waals surface area contributed by atoms with Gasteiger partial charge in [0.25, 0.3) is 0 Å². The number of aromatic nitrogens is 5. The second kappa shape index (κ2) is 10.7. The van der Waals surface area contributed by atoms with Gasteiger partial charge in [-0.1, -0.05) is 44.2 Å². The number of carbonyl (C=O) groups excluding carboxylic acids is 1. The number of hydrogen-bond donors (Lipinski definition) is 0. The fourth-order valence-corrected chi connectivity index (χ4v) is 5.23. The van der Waals surface area contributed by atoms with Crippen molar-refractivity contribution in [3.05, 3.63) is 65.6 Å². The highest BCUT2D eigenvalue weighted by Gasteiger charge is 2.37. The minimum absolute atomic E-state index is 0.254. The number of carbonyl (C=O) groups is 1. The van der Waals surface area contributed by atoms with E-state index in [1.54, 1.807) is 0 Å². The first-order valence-corrected chi connectivity index (χ1v) is 13.9. The van der Waals surface area contributed by atoms with Crippen LogP contribution in [0.25, 0.3) is 16.9 Å². The number of methoxy groups -OCH3 is 1. The summed E-state index contributed by atoms with van der Waals surface area (Å²) in [6.07, 6.45) is 4.96. The molecule has 0 aliphatic carbocycles. The predicted octanol–water partition coefficient (Wildman–Crippen LogP) is 5.61. The third-order valence-corrected chi connectivity index (χ3v) is 7.49. The molecule has 4 aromatic rings. The van der Waals surface area contributed by atoms with E-state index in [9.17, 15) is 4.79 Å². The van der Waals surface area contributed by atoms with E-state index in [1.165, 1.54) is 12.7 Å². The number of anilines is 1. The molecule has 0 bridgehead atoms. The van der Waals surface area contributed by atoms with Gasteiger partial charge in [0, 0.05) is 36.6 Å². The molecule has 1 unspecified atom stereocenters. The summed E-state index contributed by atoms with van der Waals surface area (Å²) in [5.41, 5.74) is 4.66. The van der Waals surface area contributed by atoms with Gasteiger partial charge in [-0.3, -0.25) is 4.68 Å². The van der Waals surface area contributed by atoms with E-state index in [1.807, 2.05) is 73.6 Å². The lowest BCUT2D eigenvalue weighted by Gasteiger charge is -2.39. The minimum atomic E-state index is -0.937. The summed E-state index contributed by atoms with van der Waals surface area (Å²) in [5.74, 6) is 0.382. The van der Waals surface area contributed by atoms with Gasteiger partial charge in [0.2, 0.25) is 0 Å². The standard InChI is InChI=1S/C31H40N6O3/c1-21-26(27(29(38)39-7)40-30(2,3)4)28(35-15-13-31(5,6)14-16-35)37-25(33-21)17-24(34-37)23-18-32-36(20-23)19-22-11-9-8-10-12-22/h8-12,17-18,20,27H,13-16,19H2,1-7H3. The molecule has 0 saturated carbocycles. The lowest BCUT2D eigenvalue weighted by molar-refractivity contribution is -0.164. The fourth-order valence-electron chi connectivity index (χ4n) is 5.23. The molecule has 9 heteroatoms. The Morgan fingerprint density at radius 1 is 1.12 bits per heavy atom. The molecule has 212 valence electrons. The van der Waals surface area contributed by atoms with E-state index in [-0.39, 0.29) is 5.41 Å². The maximum Gasteiger partial charge on any atom is 0.339 e. The van der Waals surface area contributed by atoms with Gasteiger partial charge in [-0.2, -0.15) is 14.7 Å². The van der Waals surface area contributed by atoms with Crippen LogP contribution in [-0.4, -0.2) is 56.1 Å². The molecule has 1 aliphatic heterocycles. The first-order chi connectivity index (χ1) is 18.9. The van der Waals surface area contributed by atoms with Crippen LogP contribution in [-0.2, 0) is 20.8 Å². The minimum Gasteiger partial charge on any atom is -0.467 e. The van der Waals surface area contributed by atoms with Crippen LogP contribution in [0.3, 0.4) is 0 Å². The van der Waals surface area contributed by atoms with Crippen LogP contribution in [0.1, 0.15) is 70.4 Å². The van der Waals surface area contributed by atoms with Gasteiger partial charge in [-0.25, -0.2) is 9.78 Å². The molecule has 1 saturated heterocycles. The highest BCUT2D eigenvalue weighted by molar-refractivity contribution is 5.80. The van der Waals surface area contributed by atoms with Gasteiger partial charge in [-0.05, 0) is 51.5 Å². The molecule has 9 nitrogen and oxygen atoms in total. The molecule has 1 aromatic carbocycles. The Balaban J connectivity index is 1.62. The van der Waals surface area contributed by atoms with Crippen LogP contribution in [0.5, 0.6) is 0 Å². The van der Waals surface area contributed by atoms with E-state index in [4.69, 9.17) is 19.6 Å². The summed E-state index contributed by atoms with van der Waals surface area (Å²) in [7, 11) is 1.39. The normalized spacial score (nSPS) is 16.3. The van der Waals surface area contributed by atoms with Crippen LogP contribution in [0.2, 0.25) is 0 Å². The zero-order valence-corrected chi connectivity index (χ0v) is 24.6. The Hall–Kier alpha value is -3.72. The van der Waals surface area contributed by atoms with Crippen LogP contribution in [0.4, 0.5) is 5.82 Å². The summed E-state index contributed by atoms with van der Waals surface area (Å²) in [4.78, 5) is 20.4. The molecule has 4 heterocycles. The summed E-state index contributed by atoms with van der Waals surface area (Å²) in [5, 5.41) is 9.61. The number of nitrogens with zero attached hydrogens (tertiary/aromatic N) is 6. The van der Waals surface area contributed by atoms with E-state index in [0.717, 1.165) is 48.7 Å². The van der Waals surface area contributed by atoms with Crippen molar-refractivity contribution in [2.24, 2.45) is 5.41 Å². The van der Waals surface area contributed by atoms with Crippen LogP contribution in [0.15, 0.2) is 48.8 Å². The Labute approximate surface area is 236 Å². The zero-order chi connectivity index (χ0) is 28.7. The molecule has 40 heavy (non-hydrogen) atoms. The third kappa shape index (κ3) is 5.89. The Morgan fingerprint density at radius 3 is 2.48 bits per heavy atom. The van der Waals surface area contributed by atoms with E-state index >= 15 is 0 Å². The first-order valence-electron chi connectivity index (χ1n) is 13.9. The lowest BCUT2D eigenvalue weighted by atomic mass is 9.82. The molecule has 0 spiro atoms. The summed E-state index contributed by atoms with van der Waals surface area (Å²) in [6.45, 7) is 14.7. The zero-order valence-electron chi connectivity index (χ0n) is 24.6. The average Bonchev–Trinajstić information content (AvgIpc) is 3.53. The van der Waals surface area contributed by atoms with Crippen molar-refractivity contribution in [3.8, 4) is 11.3 Å². The molecule has 1 fully saturated rings. The lowest BCUT2D eigenvalue weighted by Crippen LogP contribution is -2.40. The highest BCUT2D eigenvalue weighted by atomic mass is 16.6.